The third-order valence-corrected chi connectivity index (χ3v) is 10.8. The Morgan fingerprint density at radius 3 is 2.51 bits per heavy atom. The van der Waals surface area contributed by atoms with Crippen LogP contribution in [-0.2, 0) is 23.1 Å². The standard InChI is InChI=1S/C34H38N4O6S/c1-5-38-31(28(18-35-38)34(40)41)24-15-23-16-25(44-4)12-14-26(23)32-30(21-9-7-6-8-10-21)27-13-11-22(17-29(27)37(32)19-24)33(39)36-45(42,43)20(2)3/h11-18,20-21H,5-10,19H2,1-4H3,(H,36,39)(H,40,41). The topological polar surface area (TPSA) is 133 Å². The molecule has 10 nitrogen and oxygen atoms in total. The van der Waals surface area contributed by atoms with Crippen LogP contribution in [0.5, 0.6) is 5.75 Å². The van der Waals surface area contributed by atoms with Crippen LogP contribution in [0.3, 0.4) is 0 Å². The molecule has 3 heterocycles. The predicted molar refractivity (Wildman–Crippen MR) is 174 cm³/mol. The van der Waals surface area contributed by atoms with Crippen LogP contribution in [0.1, 0.15) is 96.3 Å². The first-order chi connectivity index (χ1) is 21.5. The van der Waals surface area contributed by atoms with Crippen LogP contribution in [0.15, 0.2) is 42.6 Å². The Hall–Kier alpha value is -4.38. The molecule has 1 saturated carbocycles. The molecule has 2 N–H and O–H groups in total. The number of rotatable bonds is 8. The Morgan fingerprint density at radius 1 is 1.09 bits per heavy atom. The maximum Gasteiger partial charge on any atom is 0.339 e. The second-order valence-electron chi connectivity index (χ2n) is 12.1. The van der Waals surface area contributed by atoms with Gasteiger partial charge in [-0.05, 0) is 92.6 Å². The smallest absolute Gasteiger partial charge is 0.339 e. The normalized spacial score (nSPS) is 15.4. The summed E-state index contributed by atoms with van der Waals surface area (Å²) in [5.41, 5.74) is 6.50. The minimum absolute atomic E-state index is 0.110. The highest BCUT2D eigenvalue weighted by molar-refractivity contribution is 7.90. The lowest BCUT2D eigenvalue weighted by atomic mass is 9.81. The van der Waals surface area contributed by atoms with Crippen molar-refractivity contribution in [3.8, 4) is 17.0 Å². The highest BCUT2D eigenvalue weighted by Crippen LogP contribution is 2.48. The molecule has 45 heavy (non-hydrogen) atoms. The number of fused-ring (bicyclic) bond motifs is 5. The number of carbonyl (C=O) groups is 2. The van der Waals surface area contributed by atoms with E-state index >= 15 is 0 Å². The minimum atomic E-state index is -3.83. The van der Waals surface area contributed by atoms with Gasteiger partial charge in [0.05, 0.1) is 36.5 Å². The van der Waals surface area contributed by atoms with Crippen LogP contribution >= 0.6 is 0 Å². The molecule has 1 amide bonds. The molecule has 1 aliphatic heterocycles. The number of aromatic nitrogens is 3. The van der Waals surface area contributed by atoms with Gasteiger partial charge in [0.15, 0.2) is 0 Å². The van der Waals surface area contributed by atoms with Crippen LogP contribution in [0.25, 0.3) is 33.8 Å². The summed E-state index contributed by atoms with van der Waals surface area (Å²) < 4.78 is 36.8. The van der Waals surface area contributed by atoms with Gasteiger partial charge in [0.25, 0.3) is 5.91 Å². The zero-order valence-corrected chi connectivity index (χ0v) is 26.8. The number of allylic oxidation sites excluding steroid dienone is 1. The molecule has 6 rings (SSSR count). The Bertz CT molecular complexity index is 1960. The first kappa shape index (κ1) is 30.6. The molecular formula is C34H38N4O6S. The van der Waals surface area contributed by atoms with Crippen LogP contribution in [0.4, 0.5) is 0 Å². The molecule has 0 saturated heterocycles. The van der Waals surface area contributed by atoms with E-state index in [2.05, 4.69) is 14.4 Å². The highest BCUT2D eigenvalue weighted by Gasteiger charge is 2.32. The van der Waals surface area contributed by atoms with E-state index < -0.39 is 27.1 Å². The summed E-state index contributed by atoms with van der Waals surface area (Å²) in [5, 5.41) is 14.7. The zero-order valence-electron chi connectivity index (χ0n) is 26.0. The van der Waals surface area contributed by atoms with Gasteiger partial charge in [-0.3, -0.25) is 9.48 Å². The number of nitrogens with one attached hydrogen (secondary N) is 1. The Kier molecular flexibility index (Phi) is 8.07. The molecule has 1 aliphatic carbocycles. The summed E-state index contributed by atoms with van der Waals surface area (Å²) in [6.07, 6.45) is 8.93. The van der Waals surface area contributed by atoms with Crippen molar-refractivity contribution in [2.24, 2.45) is 0 Å². The lowest BCUT2D eigenvalue weighted by Crippen LogP contribution is -2.35. The number of benzene rings is 2. The van der Waals surface area contributed by atoms with E-state index in [1.807, 2.05) is 37.3 Å². The van der Waals surface area contributed by atoms with Crippen molar-refractivity contribution in [1.82, 2.24) is 19.1 Å². The lowest BCUT2D eigenvalue weighted by molar-refractivity contribution is 0.0696. The molecule has 2 aliphatic rings. The summed E-state index contributed by atoms with van der Waals surface area (Å²) in [6, 6.07) is 11.3. The number of aromatic carboxylic acids is 1. The quantitative estimate of drug-likeness (QED) is 0.233. The third kappa shape index (κ3) is 5.43. The van der Waals surface area contributed by atoms with Crippen molar-refractivity contribution >= 4 is 44.5 Å². The molecule has 11 heteroatoms. The largest absolute Gasteiger partial charge is 0.497 e. The molecule has 0 atom stereocenters. The van der Waals surface area contributed by atoms with Crippen molar-refractivity contribution in [3.05, 3.63) is 70.5 Å². The predicted octanol–water partition coefficient (Wildman–Crippen LogP) is 6.30. The van der Waals surface area contributed by atoms with E-state index in [4.69, 9.17) is 4.74 Å². The van der Waals surface area contributed by atoms with Gasteiger partial charge in [-0.1, -0.05) is 25.3 Å². The van der Waals surface area contributed by atoms with Crippen LogP contribution in [0.2, 0.25) is 0 Å². The second-order valence-corrected chi connectivity index (χ2v) is 14.3. The number of hydrogen-bond donors (Lipinski definition) is 2. The van der Waals surface area contributed by atoms with Gasteiger partial charge >= 0.3 is 5.97 Å². The molecule has 2 aromatic carbocycles. The SMILES string of the molecule is CCn1ncc(C(=O)O)c1C1=Cc2cc(OC)ccc2-c2c(C3CCCCC3)c3ccc(C(=O)NS(=O)(=O)C(C)C)cc3n2C1. The van der Waals surface area contributed by atoms with E-state index in [9.17, 15) is 23.1 Å². The van der Waals surface area contributed by atoms with E-state index in [0.29, 0.717) is 30.5 Å². The number of carbonyl (C=O) groups excluding carboxylic acids is 1. The first-order valence-electron chi connectivity index (χ1n) is 15.4. The summed E-state index contributed by atoms with van der Waals surface area (Å²) in [6.45, 7) is 5.76. The number of carboxylic acid groups (broad SMARTS) is 1. The van der Waals surface area contributed by atoms with Gasteiger partial charge in [0.1, 0.15) is 11.3 Å². The number of methoxy groups -OCH3 is 1. The number of sulfonamides is 1. The second kappa shape index (κ2) is 11.8. The van der Waals surface area contributed by atoms with E-state index in [0.717, 1.165) is 59.0 Å². The van der Waals surface area contributed by atoms with Gasteiger partial charge in [0.2, 0.25) is 10.0 Å². The fraction of sp³-hybridized carbons (Fsp3) is 0.382. The van der Waals surface area contributed by atoms with Crippen molar-refractivity contribution in [2.45, 2.75) is 77.1 Å². The summed E-state index contributed by atoms with van der Waals surface area (Å²) in [4.78, 5) is 25.6. The molecule has 1 fully saturated rings. The fourth-order valence-corrected chi connectivity index (χ4v) is 7.36. The van der Waals surface area contributed by atoms with Gasteiger partial charge in [-0.15, -0.1) is 0 Å². The molecule has 0 bridgehead atoms. The molecule has 236 valence electrons. The van der Waals surface area contributed by atoms with Crippen LogP contribution < -0.4 is 9.46 Å². The number of carboxylic acids is 1. The molecule has 2 aromatic heterocycles. The van der Waals surface area contributed by atoms with Crippen molar-refractivity contribution in [1.29, 1.82) is 0 Å². The molecule has 4 aromatic rings. The monoisotopic (exact) mass is 630 g/mol. The van der Waals surface area contributed by atoms with E-state index in [1.54, 1.807) is 23.9 Å². The van der Waals surface area contributed by atoms with E-state index in [1.165, 1.54) is 32.0 Å². The Morgan fingerprint density at radius 2 is 1.84 bits per heavy atom. The van der Waals surface area contributed by atoms with Crippen molar-refractivity contribution in [2.75, 3.05) is 7.11 Å². The molecule has 0 unspecified atom stereocenters. The maximum atomic E-state index is 13.3. The first-order valence-corrected chi connectivity index (χ1v) is 17.0. The minimum Gasteiger partial charge on any atom is -0.497 e. The number of hydrogen-bond acceptors (Lipinski definition) is 6. The van der Waals surface area contributed by atoms with E-state index in [-0.39, 0.29) is 11.1 Å². The molecular weight excluding hydrogens is 592 g/mol. The fourth-order valence-electron chi connectivity index (χ4n) is 6.75. The van der Waals surface area contributed by atoms with Gasteiger partial charge in [-0.25, -0.2) is 17.9 Å². The molecule has 0 radical (unpaired) electrons. The van der Waals surface area contributed by atoms with Crippen molar-refractivity contribution < 1.29 is 27.9 Å². The molecule has 0 spiro atoms. The van der Waals surface area contributed by atoms with Gasteiger partial charge < -0.3 is 14.4 Å². The average molecular weight is 631 g/mol. The van der Waals surface area contributed by atoms with Gasteiger partial charge in [0, 0.05) is 28.6 Å². The van der Waals surface area contributed by atoms with Crippen molar-refractivity contribution in [3.63, 3.8) is 0 Å². The number of nitrogens with zero attached hydrogens (tertiary/aromatic N) is 3. The van der Waals surface area contributed by atoms with Crippen LogP contribution in [-0.4, -0.2) is 52.1 Å². The lowest BCUT2D eigenvalue weighted by Gasteiger charge is -2.24. The van der Waals surface area contributed by atoms with Crippen LogP contribution in [0, 0.1) is 0 Å². The summed E-state index contributed by atoms with van der Waals surface area (Å²) >= 11 is 0. The number of ether oxygens (including phenoxy) is 1. The zero-order chi connectivity index (χ0) is 32.0. The average Bonchev–Trinajstić information content (AvgIpc) is 3.55. The third-order valence-electron chi connectivity index (χ3n) is 9.08. The Labute approximate surface area is 262 Å². The Balaban J connectivity index is 1.64. The number of amides is 1. The number of aryl methyl sites for hydroxylation is 1. The summed E-state index contributed by atoms with van der Waals surface area (Å²) in [5.74, 6) is -0.773. The van der Waals surface area contributed by atoms with Gasteiger partial charge in [-0.2, -0.15) is 5.10 Å². The summed E-state index contributed by atoms with van der Waals surface area (Å²) in [7, 11) is -2.21. The highest BCUT2D eigenvalue weighted by atomic mass is 32.2. The maximum absolute atomic E-state index is 13.3.